The van der Waals surface area contributed by atoms with Crippen LogP contribution in [-0.4, -0.2) is 15.0 Å². The minimum atomic E-state index is -0.274. The maximum atomic E-state index is 13.1. The second-order valence-electron chi connectivity index (χ2n) is 3.07. The lowest BCUT2D eigenvalue weighted by atomic mass is 10.3. The Morgan fingerprint density at radius 2 is 2.29 bits per heavy atom. The van der Waals surface area contributed by atoms with Gasteiger partial charge in [0.25, 0.3) is 0 Å². The van der Waals surface area contributed by atoms with Gasteiger partial charge >= 0.3 is 0 Å². The molecule has 0 unspecified atom stereocenters. The highest BCUT2D eigenvalue weighted by Crippen LogP contribution is 2.23. The average molecular weight is 258 g/mol. The first-order valence-electron chi connectivity index (χ1n) is 4.40. The van der Waals surface area contributed by atoms with Gasteiger partial charge in [-0.25, -0.2) is 9.07 Å². The van der Waals surface area contributed by atoms with Crippen LogP contribution in [0.1, 0.15) is 13.3 Å². The van der Waals surface area contributed by atoms with Crippen molar-refractivity contribution in [3.63, 3.8) is 0 Å². The van der Waals surface area contributed by atoms with Crippen molar-refractivity contribution in [3.8, 4) is 0 Å². The smallest absolute Gasteiger partial charge is 0.127 e. The number of rotatable bonds is 2. The van der Waals surface area contributed by atoms with Crippen LogP contribution in [0, 0.1) is 5.82 Å². The summed E-state index contributed by atoms with van der Waals surface area (Å²) in [5.41, 5.74) is 1.44. The summed E-state index contributed by atoms with van der Waals surface area (Å²) in [6.07, 6.45) is 0.951. The first kappa shape index (κ1) is 9.58. The van der Waals surface area contributed by atoms with E-state index in [0.717, 1.165) is 18.5 Å². The Labute approximate surface area is 89.0 Å². The van der Waals surface area contributed by atoms with Gasteiger partial charge < -0.3 is 0 Å². The lowest BCUT2D eigenvalue weighted by Crippen LogP contribution is -1.98. The minimum Gasteiger partial charge on any atom is -0.245 e. The molecule has 74 valence electrons. The lowest BCUT2D eigenvalue weighted by Gasteiger charge is -1.99. The Morgan fingerprint density at radius 1 is 1.50 bits per heavy atom. The molecule has 0 atom stereocenters. The van der Waals surface area contributed by atoms with Crippen LogP contribution in [-0.2, 0) is 6.54 Å². The van der Waals surface area contributed by atoms with Crippen LogP contribution >= 0.6 is 15.9 Å². The van der Waals surface area contributed by atoms with Crippen molar-refractivity contribution in [3.05, 3.63) is 22.4 Å². The number of fused-ring (bicyclic) bond motifs is 1. The number of benzene rings is 1. The van der Waals surface area contributed by atoms with Gasteiger partial charge in [-0.3, -0.25) is 0 Å². The fraction of sp³-hybridized carbons (Fsp3) is 0.333. The van der Waals surface area contributed by atoms with E-state index in [4.69, 9.17) is 0 Å². The molecule has 0 bridgehead atoms. The number of nitrogens with zero attached hydrogens (tertiary/aromatic N) is 3. The van der Waals surface area contributed by atoms with Gasteiger partial charge in [0, 0.05) is 12.6 Å². The van der Waals surface area contributed by atoms with Crippen LogP contribution in [0.4, 0.5) is 4.39 Å². The number of aromatic nitrogens is 3. The summed E-state index contributed by atoms with van der Waals surface area (Å²) >= 11 is 3.26. The molecule has 0 saturated carbocycles. The van der Waals surface area contributed by atoms with Gasteiger partial charge in [-0.05, 0) is 28.4 Å². The van der Waals surface area contributed by atoms with Crippen molar-refractivity contribution < 1.29 is 4.39 Å². The van der Waals surface area contributed by atoms with E-state index in [-0.39, 0.29) is 5.82 Å². The van der Waals surface area contributed by atoms with E-state index < -0.39 is 0 Å². The Balaban J connectivity index is 2.66. The van der Waals surface area contributed by atoms with Gasteiger partial charge in [0.15, 0.2) is 0 Å². The van der Waals surface area contributed by atoms with Gasteiger partial charge in [-0.2, -0.15) is 0 Å². The molecule has 2 rings (SSSR count). The molecule has 0 amide bonds. The van der Waals surface area contributed by atoms with E-state index in [1.54, 1.807) is 4.68 Å². The van der Waals surface area contributed by atoms with Gasteiger partial charge in [-0.15, -0.1) is 5.10 Å². The van der Waals surface area contributed by atoms with Crippen molar-refractivity contribution >= 4 is 27.0 Å². The van der Waals surface area contributed by atoms with Crippen LogP contribution in [0.15, 0.2) is 16.6 Å². The first-order valence-corrected chi connectivity index (χ1v) is 5.20. The highest BCUT2D eigenvalue weighted by Gasteiger charge is 2.08. The van der Waals surface area contributed by atoms with Crippen LogP contribution in [0.3, 0.4) is 0 Å². The summed E-state index contributed by atoms with van der Waals surface area (Å²) in [6.45, 7) is 2.80. The molecule has 0 fully saturated rings. The third-order valence-corrected chi connectivity index (χ3v) is 2.58. The molecule has 1 aromatic carbocycles. The molecule has 1 aromatic heterocycles. The topological polar surface area (TPSA) is 30.7 Å². The molecule has 1 heterocycles. The molecule has 0 radical (unpaired) electrons. The van der Waals surface area contributed by atoms with E-state index in [1.165, 1.54) is 12.1 Å². The monoisotopic (exact) mass is 257 g/mol. The third-order valence-electron chi connectivity index (χ3n) is 1.97. The molecular formula is C9H9BrFN3. The second-order valence-corrected chi connectivity index (χ2v) is 3.92. The molecule has 3 nitrogen and oxygen atoms in total. The summed E-state index contributed by atoms with van der Waals surface area (Å²) in [4.78, 5) is 0. The number of hydrogen-bond acceptors (Lipinski definition) is 2. The van der Waals surface area contributed by atoms with E-state index in [2.05, 4.69) is 26.2 Å². The average Bonchev–Trinajstić information content (AvgIpc) is 2.49. The maximum Gasteiger partial charge on any atom is 0.127 e. The Bertz CT molecular complexity index is 466. The zero-order chi connectivity index (χ0) is 10.1. The van der Waals surface area contributed by atoms with Crippen LogP contribution in [0.25, 0.3) is 11.0 Å². The molecule has 0 aliphatic rings. The van der Waals surface area contributed by atoms with Crippen LogP contribution in [0.2, 0.25) is 0 Å². The molecule has 2 aromatic rings. The lowest BCUT2D eigenvalue weighted by molar-refractivity contribution is 0.591. The van der Waals surface area contributed by atoms with Crippen molar-refractivity contribution in [1.82, 2.24) is 15.0 Å². The maximum absolute atomic E-state index is 13.1. The normalized spacial score (nSPS) is 11.1. The predicted octanol–water partition coefficient (Wildman–Crippen LogP) is 2.74. The molecule has 5 heteroatoms. The quantitative estimate of drug-likeness (QED) is 0.829. The number of hydrogen-bond donors (Lipinski definition) is 0. The molecule has 0 aliphatic carbocycles. The van der Waals surface area contributed by atoms with Gasteiger partial charge in [0.05, 0.1) is 9.99 Å². The molecule has 0 aliphatic heterocycles. The molecule has 0 spiro atoms. The van der Waals surface area contributed by atoms with Gasteiger partial charge in [0.1, 0.15) is 11.3 Å². The zero-order valence-electron chi connectivity index (χ0n) is 7.67. The highest BCUT2D eigenvalue weighted by molar-refractivity contribution is 9.10. The minimum absolute atomic E-state index is 0.274. The summed E-state index contributed by atoms with van der Waals surface area (Å²) in [7, 11) is 0. The van der Waals surface area contributed by atoms with Gasteiger partial charge in [0.2, 0.25) is 0 Å². The van der Waals surface area contributed by atoms with E-state index in [0.29, 0.717) is 9.99 Å². The summed E-state index contributed by atoms with van der Waals surface area (Å²) < 4.78 is 15.5. The standard InChI is InChI=1S/C9H9BrFN3/c1-2-3-14-8-5-6(11)4-7(10)9(8)12-13-14/h4-5H,2-3H2,1H3. The van der Waals surface area contributed by atoms with Crippen molar-refractivity contribution in [2.45, 2.75) is 19.9 Å². The van der Waals surface area contributed by atoms with Gasteiger partial charge in [-0.1, -0.05) is 12.1 Å². The van der Waals surface area contributed by atoms with Crippen molar-refractivity contribution in [2.75, 3.05) is 0 Å². The van der Waals surface area contributed by atoms with E-state index >= 15 is 0 Å². The molecular weight excluding hydrogens is 249 g/mol. The largest absolute Gasteiger partial charge is 0.245 e. The summed E-state index contributed by atoms with van der Waals surface area (Å²) in [5, 5.41) is 7.93. The fourth-order valence-electron chi connectivity index (χ4n) is 1.37. The second kappa shape index (κ2) is 3.65. The van der Waals surface area contributed by atoms with Crippen LogP contribution in [0.5, 0.6) is 0 Å². The first-order chi connectivity index (χ1) is 6.72. The van der Waals surface area contributed by atoms with Crippen molar-refractivity contribution in [1.29, 1.82) is 0 Å². The molecule has 14 heavy (non-hydrogen) atoms. The van der Waals surface area contributed by atoms with E-state index in [1.807, 2.05) is 6.92 Å². The fourth-order valence-corrected chi connectivity index (χ4v) is 1.87. The Hall–Kier alpha value is -0.970. The number of halogens is 2. The van der Waals surface area contributed by atoms with E-state index in [9.17, 15) is 4.39 Å². The third kappa shape index (κ3) is 1.52. The Kier molecular flexibility index (Phi) is 2.50. The number of aryl methyl sites for hydroxylation is 1. The summed E-state index contributed by atoms with van der Waals surface area (Å²) in [6, 6.07) is 2.85. The highest BCUT2D eigenvalue weighted by atomic mass is 79.9. The summed E-state index contributed by atoms with van der Waals surface area (Å²) in [5.74, 6) is -0.274. The zero-order valence-corrected chi connectivity index (χ0v) is 9.25. The Morgan fingerprint density at radius 3 is 3.00 bits per heavy atom. The predicted molar refractivity (Wildman–Crippen MR) is 55.5 cm³/mol. The SMILES string of the molecule is CCCn1nnc2c(Br)cc(F)cc21. The molecule has 0 N–H and O–H groups in total. The molecule has 0 saturated heterocycles. The van der Waals surface area contributed by atoms with Crippen molar-refractivity contribution in [2.24, 2.45) is 0 Å². The van der Waals surface area contributed by atoms with Crippen LogP contribution < -0.4 is 0 Å².